The standard InChI is InChI=1S/C26H36ClN3O4S/c1-19-10-7-8-11-23(19)30(35(6,33)34)17-9-12-24(31)29(18-21-13-15-22(27)16-14-21)20(2)25(32)28-26(3,4)5/h7-8,10-11,13-16,20H,9,12,17-18H2,1-6H3,(H,28,32)/t20-/m0/s1. The average molecular weight is 522 g/mol. The highest BCUT2D eigenvalue weighted by Gasteiger charge is 2.28. The van der Waals surface area contributed by atoms with Crippen LogP contribution in [0.4, 0.5) is 5.69 Å². The normalized spacial score (nSPS) is 12.7. The molecule has 0 aliphatic carbocycles. The fourth-order valence-electron chi connectivity index (χ4n) is 3.67. The molecule has 2 amide bonds. The van der Waals surface area contributed by atoms with E-state index in [-0.39, 0.29) is 31.3 Å². The summed E-state index contributed by atoms with van der Waals surface area (Å²) in [6.45, 7) is 9.60. The number of nitrogens with one attached hydrogen (secondary N) is 1. The molecule has 0 fully saturated rings. The number of carbonyl (C=O) groups is 2. The number of rotatable bonds is 10. The third-order valence-electron chi connectivity index (χ3n) is 5.47. The Hall–Kier alpha value is -2.58. The summed E-state index contributed by atoms with van der Waals surface area (Å²) in [6, 6.07) is 13.7. The molecule has 0 aliphatic heterocycles. The number of hydrogen-bond donors (Lipinski definition) is 1. The van der Waals surface area contributed by atoms with Gasteiger partial charge in [0.2, 0.25) is 21.8 Å². The molecular weight excluding hydrogens is 486 g/mol. The second-order valence-electron chi connectivity index (χ2n) is 9.79. The van der Waals surface area contributed by atoms with Gasteiger partial charge in [0.15, 0.2) is 0 Å². The van der Waals surface area contributed by atoms with E-state index in [2.05, 4.69) is 5.32 Å². The van der Waals surface area contributed by atoms with Crippen LogP contribution in [0.25, 0.3) is 0 Å². The van der Waals surface area contributed by atoms with Gasteiger partial charge in [0.05, 0.1) is 11.9 Å². The number of aryl methyl sites for hydroxylation is 1. The van der Waals surface area contributed by atoms with Gasteiger partial charge in [0.25, 0.3) is 0 Å². The van der Waals surface area contributed by atoms with Crippen molar-refractivity contribution in [2.24, 2.45) is 0 Å². The average Bonchev–Trinajstić information content (AvgIpc) is 2.74. The van der Waals surface area contributed by atoms with E-state index in [9.17, 15) is 18.0 Å². The molecule has 9 heteroatoms. The Morgan fingerprint density at radius 2 is 1.66 bits per heavy atom. The fourth-order valence-corrected chi connectivity index (χ4v) is 4.82. The summed E-state index contributed by atoms with van der Waals surface area (Å²) in [5.74, 6) is -0.479. The lowest BCUT2D eigenvalue weighted by molar-refractivity contribution is -0.141. The molecular formula is C26H36ClN3O4S. The SMILES string of the molecule is Cc1ccccc1N(CCCC(=O)N(Cc1ccc(Cl)cc1)[C@@H](C)C(=O)NC(C)(C)C)S(C)(=O)=O. The van der Waals surface area contributed by atoms with Crippen molar-refractivity contribution in [3.05, 3.63) is 64.7 Å². The molecule has 0 radical (unpaired) electrons. The Labute approximate surface area is 214 Å². The van der Waals surface area contributed by atoms with Gasteiger partial charge in [0, 0.05) is 30.1 Å². The van der Waals surface area contributed by atoms with Crippen LogP contribution >= 0.6 is 11.6 Å². The van der Waals surface area contributed by atoms with Crippen LogP contribution in [-0.2, 0) is 26.2 Å². The number of para-hydroxylation sites is 1. The first kappa shape index (κ1) is 28.7. The van der Waals surface area contributed by atoms with Gasteiger partial charge in [-0.05, 0) is 70.4 Å². The van der Waals surface area contributed by atoms with Crippen LogP contribution in [0.5, 0.6) is 0 Å². The highest BCUT2D eigenvalue weighted by molar-refractivity contribution is 7.92. The number of carbonyl (C=O) groups excluding carboxylic acids is 2. The number of benzene rings is 2. The van der Waals surface area contributed by atoms with E-state index in [1.54, 1.807) is 31.2 Å². The Bertz CT molecular complexity index is 1130. The minimum Gasteiger partial charge on any atom is -0.350 e. The summed E-state index contributed by atoms with van der Waals surface area (Å²) in [6.07, 6.45) is 1.57. The van der Waals surface area contributed by atoms with Crippen molar-refractivity contribution in [2.75, 3.05) is 17.1 Å². The second kappa shape index (κ2) is 11.9. The van der Waals surface area contributed by atoms with Gasteiger partial charge in [-0.15, -0.1) is 0 Å². The van der Waals surface area contributed by atoms with Gasteiger partial charge in [0.1, 0.15) is 6.04 Å². The Morgan fingerprint density at radius 1 is 1.06 bits per heavy atom. The second-order valence-corrected chi connectivity index (χ2v) is 12.1. The molecule has 0 bridgehead atoms. The zero-order valence-corrected chi connectivity index (χ0v) is 22.9. The Kier molecular flexibility index (Phi) is 9.75. The van der Waals surface area contributed by atoms with E-state index in [1.165, 1.54) is 9.21 Å². The Morgan fingerprint density at radius 3 is 2.20 bits per heavy atom. The van der Waals surface area contributed by atoms with Crippen LogP contribution in [0, 0.1) is 6.92 Å². The topological polar surface area (TPSA) is 86.8 Å². The molecule has 2 aromatic rings. The van der Waals surface area contributed by atoms with Gasteiger partial charge in [-0.25, -0.2) is 8.42 Å². The highest BCUT2D eigenvalue weighted by atomic mass is 35.5. The first-order chi connectivity index (χ1) is 16.2. The summed E-state index contributed by atoms with van der Waals surface area (Å²) in [7, 11) is -3.53. The molecule has 0 saturated heterocycles. The van der Waals surface area contributed by atoms with Crippen LogP contribution in [0.3, 0.4) is 0 Å². The number of halogens is 1. The van der Waals surface area contributed by atoms with Crippen LogP contribution in [0.1, 0.15) is 51.7 Å². The molecule has 0 aliphatic rings. The maximum absolute atomic E-state index is 13.3. The van der Waals surface area contributed by atoms with Crippen LogP contribution in [0.2, 0.25) is 5.02 Å². The summed E-state index contributed by atoms with van der Waals surface area (Å²) >= 11 is 5.99. The van der Waals surface area contributed by atoms with E-state index in [4.69, 9.17) is 11.6 Å². The number of amides is 2. The molecule has 1 N–H and O–H groups in total. The molecule has 7 nitrogen and oxygen atoms in total. The maximum Gasteiger partial charge on any atom is 0.242 e. The lowest BCUT2D eigenvalue weighted by atomic mass is 10.1. The minimum atomic E-state index is -3.53. The lowest BCUT2D eigenvalue weighted by Gasteiger charge is -2.32. The number of hydrogen-bond acceptors (Lipinski definition) is 4. The monoisotopic (exact) mass is 521 g/mol. The smallest absolute Gasteiger partial charge is 0.242 e. The zero-order valence-electron chi connectivity index (χ0n) is 21.3. The third kappa shape index (κ3) is 8.85. The molecule has 35 heavy (non-hydrogen) atoms. The van der Waals surface area contributed by atoms with Crippen molar-refractivity contribution in [1.82, 2.24) is 10.2 Å². The van der Waals surface area contributed by atoms with E-state index >= 15 is 0 Å². The molecule has 1 atom stereocenters. The van der Waals surface area contributed by atoms with Gasteiger partial charge in [-0.3, -0.25) is 13.9 Å². The predicted molar refractivity (Wildman–Crippen MR) is 142 cm³/mol. The largest absolute Gasteiger partial charge is 0.350 e. The zero-order chi connectivity index (χ0) is 26.4. The van der Waals surface area contributed by atoms with Crippen LogP contribution < -0.4 is 9.62 Å². The minimum absolute atomic E-state index is 0.0959. The molecule has 0 heterocycles. The molecule has 192 valence electrons. The van der Waals surface area contributed by atoms with Gasteiger partial charge in [-0.1, -0.05) is 41.9 Å². The number of sulfonamides is 1. The van der Waals surface area contributed by atoms with Gasteiger partial charge in [-0.2, -0.15) is 0 Å². The first-order valence-corrected chi connectivity index (χ1v) is 13.8. The molecule has 0 unspecified atom stereocenters. The fraction of sp³-hybridized carbons (Fsp3) is 0.462. The van der Waals surface area contributed by atoms with Crippen LogP contribution in [0.15, 0.2) is 48.5 Å². The van der Waals surface area contributed by atoms with Crippen molar-refractivity contribution in [1.29, 1.82) is 0 Å². The maximum atomic E-state index is 13.3. The first-order valence-electron chi connectivity index (χ1n) is 11.6. The van der Waals surface area contributed by atoms with E-state index in [0.29, 0.717) is 17.1 Å². The van der Waals surface area contributed by atoms with Crippen molar-refractivity contribution in [3.63, 3.8) is 0 Å². The molecule has 0 saturated carbocycles. The summed E-state index contributed by atoms with van der Waals surface area (Å²) in [4.78, 5) is 27.7. The van der Waals surface area contributed by atoms with Crippen molar-refractivity contribution in [2.45, 2.75) is 65.6 Å². The van der Waals surface area contributed by atoms with E-state index in [1.807, 2.05) is 52.0 Å². The van der Waals surface area contributed by atoms with Crippen molar-refractivity contribution < 1.29 is 18.0 Å². The summed E-state index contributed by atoms with van der Waals surface area (Å²) < 4.78 is 26.2. The van der Waals surface area contributed by atoms with Gasteiger partial charge >= 0.3 is 0 Å². The van der Waals surface area contributed by atoms with Gasteiger partial charge < -0.3 is 10.2 Å². The Balaban J connectivity index is 2.19. The molecule has 0 aromatic heterocycles. The predicted octanol–water partition coefficient (Wildman–Crippen LogP) is 4.53. The third-order valence-corrected chi connectivity index (χ3v) is 6.90. The summed E-state index contributed by atoms with van der Waals surface area (Å²) in [5, 5.41) is 3.52. The molecule has 2 rings (SSSR count). The number of nitrogens with zero attached hydrogens (tertiary/aromatic N) is 2. The lowest BCUT2D eigenvalue weighted by Crippen LogP contribution is -2.52. The van der Waals surface area contributed by atoms with Crippen molar-refractivity contribution in [3.8, 4) is 0 Å². The highest BCUT2D eigenvalue weighted by Crippen LogP contribution is 2.23. The molecule has 2 aromatic carbocycles. The van der Waals surface area contributed by atoms with Crippen molar-refractivity contribution >= 4 is 39.1 Å². The number of anilines is 1. The van der Waals surface area contributed by atoms with E-state index in [0.717, 1.165) is 17.4 Å². The van der Waals surface area contributed by atoms with E-state index < -0.39 is 21.6 Å². The van der Waals surface area contributed by atoms with Crippen LogP contribution in [-0.4, -0.2) is 49.5 Å². The quantitative estimate of drug-likeness (QED) is 0.497. The summed E-state index contributed by atoms with van der Waals surface area (Å²) in [5.41, 5.74) is 1.83. The molecule has 0 spiro atoms.